The first kappa shape index (κ1) is 16.1. The second-order valence-corrected chi connectivity index (χ2v) is 6.34. The number of hydrogen-bond acceptors (Lipinski definition) is 3. The van der Waals surface area contributed by atoms with Crippen LogP contribution >= 0.6 is 0 Å². The predicted octanol–water partition coefficient (Wildman–Crippen LogP) is 3.11. The van der Waals surface area contributed by atoms with E-state index in [1.165, 1.54) is 25.7 Å². The van der Waals surface area contributed by atoms with Crippen molar-refractivity contribution in [2.75, 3.05) is 0 Å². The van der Waals surface area contributed by atoms with Crippen LogP contribution in [0.3, 0.4) is 0 Å². The van der Waals surface area contributed by atoms with E-state index in [2.05, 4.69) is 17.5 Å². The first-order chi connectivity index (χ1) is 10.0. The Morgan fingerprint density at radius 3 is 2.19 bits per heavy atom. The van der Waals surface area contributed by atoms with E-state index in [-0.39, 0.29) is 17.8 Å². The molecule has 3 aliphatic rings. The number of carbonyl (C=O) groups is 2. The standard InChI is InChI=1S/C11H17NO3.C6H10/c1-4-6-7-8(13)12-11(5-2)9(14)15-10(7,11)3;1-2-4-6-5-3-1/h7H,4-6H2,1-3H3,(H,12,13);1-2H,3-6H2/t7?,10-,11?;/m0./s1. The Kier molecular flexibility index (Phi) is 4.74. The highest BCUT2D eigenvalue weighted by molar-refractivity contribution is 6.01. The van der Waals surface area contributed by atoms with Crippen molar-refractivity contribution in [2.45, 2.75) is 76.9 Å². The van der Waals surface area contributed by atoms with Gasteiger partial charge >= 0.3 is 5.97 Å². The normalized spacial score (nSPS) is 36.8. The van der Waals surface area contributed by atoms with Gasteiger partial charge in [-0.3, -0.25) is 4.79 Å². The van der Waals surface area contributed by atoms with Crippen LogP contribution in [0.15, 0.2) is 12.2 Å². The van der Waals surface area contributed by atoms with E-state index in [1.54, 1.807) is 0 Å². The summed E-state index contributed by atoms with van der Waals surface area (Å²) in [5.41, 5.74) is -1.37. The molecule has 0 aromatic rings. The molecule has 0 aromatic carbocycles. The zero-order valence-electron chi connectivity index (χ0n) is 13.4. The Labute approximate surface area is 127 Å². The van der Waals surface area contributed by atoms with Crippen LogP contribution < -0.4 is 5.32 Å². The molecule has 4 nitrogen and oxygen atoms in total. The van der Waals surface area contributed by atoms with Crippen LogP contribution in [-0.2, 0) is 14.3 Å². The topological polar surface area (TPSA) is 55.4 Å². The van der Waals surface area contributed by atoms with Gasteiger partial charge in [0.1, 0.15) is 0 Å². The fourth-order valence-electron chi connectivity index (χ4n) is 3.65. The summed E-state index contributed by atoms with van der Waals surface area (Å²) in [5.74, 6) is -0.494. The molecule has 2 unspecified atom stereocenters. The fraction of sp³-hybridized carbons (Fsp3) is 0.765. The average molecular weight is 293 g/mol. The first-order valence-corrected chi connectivity index (χ1v) is 8.22. The number of fused-ring (bicyclic) bond motifs is 1. The van der Waals surface area contributed by atoms with Gasteiger partial charge in [-0.25, -0.2) is 4.79 Å². The van der Waals surface area contributed by atoms with Crippen molar-refractivity contribution < 1.29 is 14.3 Å². The number of hydrogen-bond donors (Lipinski definition) is 1. The molecule has 2 saturated heterocycles. The van der Waals surface area contributed by atoms with Crippen LogP contribution in [-0.4, -0.2) is 23.0 Å². The highest BCUT2D eigenvalue weighted by atomic mass is 16.6. The van der Waals surface area contributed by atoms with Gasteiger partial charge in [-0.1, -0.05) is 32.4 Å². The second kappa shape index (κ2) is 6.20. The number of allylic oxidation sites excluding steroid dienone is 2. The summed E-state index contributed by atoms with van der Waals surface area (Å²) in [7, 11) is 0. The molecule has 0 spiro atoms. The highest BCUT2D eigenvalue weighted by Crippen LogP contribution is 2.51. The third kappa shape index (κ3) is 2.49. The number of esters is 1. The number of ether oxygens (including phenoxy) is 1. The van der Waals surface area contributed by atoms with E-state index >= 15 is 0 Å². The Bertz CT molecular complexity index is 437. The maximum Gasteiger partial charge on any atom is 0.336 e. The lowest BCUT2D eigenvalue weighted by molar-refractivity contribution is -0.220. The monoisotopic (exact) mass is 293 g/mol. The first-order valence-electron chi connectivity index (χ1n) is 8.22. The van der Waals surface area contributed by atoms with Gasteiger partial charge in [-0.2, -0.15) is 0 Å². The van der Waals surface area contributed by atoms with Gasteiger partial charge < -0.3 is 10.1 Å². The Morgan fingerprint density at radius 2 is 1.86 bits per heavy atom. The molecule has 0 aromatic heterocycles. The lowest BCUT2D eigenvalue weighted by Gasteiger charge is -2.51. The molecule has 0 radical (unpaired) electrons. The third-order valence-corrected chi connectivity index (χ3v) is 5.08. The van der Waals surface area contributed by atoms with Gasteiger partial charge in [0.15, 0.2) is 11.1 Å². The number of rotatable bonds is 3. The molecule has 2 aliphatic heterocycles. The van der Waals surface area contributed by atoms with Crippen LogP contribution in [0.4, 0.5) is 0 Å². The van der Waals surface area contributed by atoms with Crippen molar-refractivity contribution in [2.24, 2.45) is 5.92 Å². The minimum Gasteiger partial charge on any atom is -0.453 e. The lowest BCUT2D eigenvalue weighted by atomic mass is 9.69. The van der Waals surface area contributed by atoms with Gasteiger partial charge in [-0.15, -0.1) is 0 Å². The smallest absolute Gasteiger partial charge is 0.336 e. The minimum atomic E-state index is -0.746. The van der Waals surface area contributed by atoms with Gasteiger partial charge in [0.25, 0.3) is 0 Å². The van der Waals surface area contributed by atoms with E-state index in [9.17, 15) is 9.59 Å². The molecule has 0 bridgehead atoms. The van der Waals surface area contributed by atoms with Gasteiger partial charge in [0.05, 0.1) is 5.92 Å². The van der Waals surface area contributed by atoms with Gasteiger partial charge in [0, 0.05) is 0 Å². The maximum atomic E-state index is 11.8. The molecule has 3 rings (SSSR count). The van der Waals surface area contributed by atoms with Crippen molar-refractivity contribution in [3.05, 3.63) is 12.2 Å². The molecule has 3 atom stereocenters. The number of carbonyl (C=O) groups excluding carboxylic acids is 2. The van der Waals surface area contributed by atoms with Crippen LogP contribution in [0, 0.1) is 5.92 Å². The molecule has 2 heterocycles. The number of amides is 1. The third-order valence-electron chi connectivity index (χ3n) is 5.08. The molecular weight excluding hydrogens is 266 g/mol. The van der Waals surface area contributed by atoms with Crippen molar-refractivity contribution >= 4 is 11.9 Å². The van der Waals surface area contributed by atoms with Crippen LogP contribution in [0.2, 0.25) is 0 Å². The van der Waals surface area contributed by atoms with Crippen molar-refractivity contribution in [3.63, 3.8) is 0 Å². The average Bonchev–Trinajstić information content (AvgIpc) is 2.67. The molecule has 1 aliphatic carbocycles. The Morgan fingerprint density at radius 1 is 1.24 bits per heavy atom. The SMILES string of the molecule is C1=CCCCC1.CCCC1C(=O)NC2(CC)C(=O)O[C@@]12C. The summed E-state index contributed by atoms with van der Waals surface area (Å²) in [6.07, 6.45) is 12.3. The van der Waals surface area contributed by atoms with Crippen molar-refractivity contribution in [1.29, 1.82) is 0 Å². The quantitative estimate of drug-likeness (QED) is 0.642. The van der Waals surface area contributed by atoms with Crippen LogP contribution in [0.1, 0.15) is 65.7 Å². The molecule has 4 heteroatoms. The second-order valence-electron chi connectivity index (χ2n) is 6.34. The van der Waals surface area contributed by atoms with Gasteiger partial charge in [0.2, 0.25) is 5.91 Å². The van der Waals surface area contributed by atoms with E-state index < -0.39 is 11.1 Å². The molecular formula is C17H27NO3. The van der Waals surface area contributed by atoms with Crippen LogP contribution in [0.25, 0.3) is 0 Å². The van der Waals surface area contributed by atoms with E-state index in [1.807, 2.05) is 20.8 Å². The fourth-order valence-corrected chi connectivity index (χ4v) is 3.65. The van der Waals surface area contributed by atoms with Crippen LogP contribution in [0.5, 0.6) is 0 Å². The Balaban J connectivity index is 0.000000225. The molecule has 21 heavy (non-hydrogen) atoms. The summed E-state index contributed by atoms with van der Waals surface area (Å²) in [6, 6.07) is 0. The maximum absolute atomic E-state index is 11.8. The minimum absolute atomic E-state index is 0.0351. The Hall–Kier alpha value is -1.32. The molecule has 1 amide bonds. The summed E-state index contributed by atoms with van der Waals surface area (Å²) in [5, 5.41) is 2.83. The van der Waals surface area contributed by atoms with Gasteiger partial charge in [-0.05, 0) is 45.4 Å². The highest BCUT2D eigenvalue weighted by Gasteiger charge is 2.74. The number of nitrogens with one attached hydrogen (secondary N) is 1. The van der Waals surface area contributed by atoms with Crippen molar-refractivity contribution in [3.8, 4) is 0 Å². The molecule has 118 valence electrons. The predicted molar refractivity (Wildman–Crippen MR) is 81.7 cm³/mol. The van der Waals surface area contributed by atoms with E-state index in [4.69, 9.17) is 4.74 Å². The summed E-state index contributed by atoms with van der Waals surface area (Å²) < 4.78 is 5.26. The van der Waals surface area contributed by atoms with Crippen molar-refractivity contribution in [1.82, 2.24) is 5.32 Å². The lowest BCUT2D eigenvalue weighted by Crippen LogP contribution is -2.73. The summed E-state index contributed by atoms with van der Waals surface area (Å²) in [6.45, 7) is 5.81. The zero-order valence-corrected chi connectivity index (χ0v) is 13.4. The summed E-state index contributed by atoms with van der Waals surface area (Å²) >= 11 is 0. The zero-order chi connectivity index (χ0) is 15.5. The summed E-state index contributed by atoms with van der Waals surface area (Å²) in [4.78, 5) is 23.3. The molecule has 1 N–H and O–H groups in total. The largest absolute Gasteiger partial charge is 0.453 e. The van der Waals surface area contributed by atoms with E-state index in [0.717, 1.165) is 12.8 Å². The van der Waals surface area contributed by atoms with E-state index in [0.29, 0.717) is 6.42 Å². The molecule has 0 saturated carbocycles. The molecule has 2 fully saturated rings.